The number of carbonyl (C=O) groups is 1. The Balaban J connectivity index is 1.43. The average molecular weight is 359 g/mol. The van der Waals surface area contributed by atoms with Gasteiger partial charge in [0, 0.05) is 45.5 Å². The summed E-state index contributed by atoms with van der Waals surface area (Å²) in [7, 11) is 0. The van der Waals surface area contributed by atoms with Crippen LogP contribution in [0.3, 0.4) is 0 Å². The lowest BCUT2D eigenvalue weighted by Crippen LogP contribution is -2.52. The number of aromatic nitrogens is 2. The number of rotatable bonds is 3. The van der Waals surface area contributed by atoms with E-state index in [1.54, 1.807) is 11.3 Å². The number of pyridine rings is 1. The van der Waals surface area contributed by atoms with Gasteiger partial charge in [0.2, 0.25) is 5.91 Å². The van der Waals surface area contributed by atoms with Gasteiger partial charge in [-0.1, -0.05) is 18.3 Å². The molecule has 1 amide bonds. The molecule has 0 N–H and O–H groups in total. The van der Waals surface area contributed by atoms with Crippen molar-refractivity contribution in [2.24, 2.45) is 5.92 Å². The van der Waals surface area contributed by atoms with Gasteiger partial charge in [-0.2, -0.15) is 0 Å². The van der Waals surface area contributed by atoms with Crippen molar-refractivity contribution in [3.63, 3.8) is 0 Å². The zero-order valence-corrected chi connectivity index (χ0v) is 15.5. The number of anilines is 1. The molecule has 2 aliphatic heterocycles. The Hall–Kier alpha value is -1.73. The normalized spacial score (nSPS) is 22.5. The highest BCUT2D eigenvalue weighted by molar-refractivity contribution is 7.21. The minimum atomic E-state index is 0.0990. The number of fused-ring (bicyclic) bond motifs is 1. The molecule has 1 atom stereocenters. The summed E-state index contributed by atoms with van der Waals surface area (Å²) in [6.07, 6.45) is 3.85. The summed E-state index contributed by atoms with van der Waals surface area (Å²) < 4.78 is 0. The van der Waals surface area contributed by atoms with Crippen LogP contribution in [-0.2, 0) is 4.79 Å². The van der Waals surface area contributed by atoms with Gasteiger partial charge in [0.1, 0.15) is 10.3 Å². The van der Waals surface area contributed by atoms with Crippen molar-refractivity contribution in [1.82, 2.24) is 19.8 Å². The number of likely N-dealkylation sites (N-methyl/N-ethyl adjacent to an activating group) is 1. The number of amides is 1. The monoisotopic (exact) mass is 359 g/mol. The fourth-order valence-electron chi connectivity index (χ4n) is 3.79. The van der Waals surface area contributed by atoms with Crippen LogP contribution in [0.25, 0.3) is 10.3 Å². The summed E-state index contributed by atoms with van der Waals surface area (Å²) in [6, 6.07) is 3.92. The van der Waals surface area contributed by atoms with Crippen molar-refractivity contribution in [3.8, 4) is 0 Å². The Morgan fingerprint density at radius 3 is 2.88 bits per heavy atom. The number of carbonyl (C=O) groups excluding carboxylic acids is 1. The first-order valence-corrected chi connectivity index (χ1v) is 10.0. The average Bonchev–Trinajstić information content (AvgIpc) is 3.12. The molecule has 0 spiro atoms. The molecule has 6 nitrogen and oxygen atoms in total. The lowest BCUT2D eigenvalue weighted by molar-refractivity contribution is -0.137. The van der Waals surface area contributed by atoms with Crippen LogP contribution in [0.4, 0.5) is 5.13 Å². The highest BCUT2D eigenvalue weighted by atomic mass is 32.1. The van der Waals surface area contributed by atoms with Gasteiger partial charge in [0.05, 0.1) is 5.92 Å². The van der Waals surface area contributed by atoms with Crippen LogP contribution >= 0.6 is 11.3 Å². The maximum absolute atomic E-state index is 12.9. The molecule has 0 bridgehead atoms. The predicted molar refractivity (Wildman–Crippen MR) is 101 cm³/mol. The molecule has 134 valence electrons. The summed E-state index contributed by atoms with van der Waals surface area (Å²) in [5, 5.41) is 1.00. The lowest BCUT2D eigenvalue weighted by atomic mass is 9.96. The summed E-state index contributed by atoms with van der Waals surface area (Å²) in [5.41, 5.74) is 0.951. The quantitative estimate of drug-likeness (QED) is 0.840. The van der Waals surface area contributed by atoms with Gasteiger partial charge in [-0.05, 0) is 31.5 Å². The van der Waals surface area contributed by atoms with Gasteiger partial charge >= 0.3 is 0 Å². The first-order valence-electron chi connectivity index (χ1n) is 9.22. The van der Waals surface area contributed by atoms with Crippen molar-refractivity contribution in [2.45, 2.75) is 19.8 Å². The Morgan fingerprint density at radius 1 is 1.28 bits per heavy atom. The fourth-order valence-corrected chi connectivity index (χ4v) is 4.73. The summed E-state index contributed by atoms with van der Waals surface area (Å²) in [6.45, 7) is 8.76. The second-order valence-electron chi connectivity index (χ2n) is 6.87. The van der Waals surface area contributed by atoms with E-state index in [4.69, 9.17) is 4.98 Å². The zero-order valence-electron chi connectivity index (χ0n) is 14.7. The topological polar surface area (TPSA) is 52.6 Å². The maximum atomic E-state index is 12.9. The highest BCUT2D eigenvalue weighted by Gasteiger charge is 2.31. The summed E-state index contributed by atoms with van der Waals surface area (Å²) >= 11 is 1.63. The predicted octanol–water partition coefficient (Wildman–Crippen LogP) is 2.07. The van der Waals surface area contributed by atoms with Crippen LogP contribution in [0.5, 0.6) is 0 Å². The van der Waals surface area contributed by atoms with Crippen LogP contribution in [0.15, 0.2) is 18.3 Å². The Kier molecular flexibility index (Phi) is 4.85. The van der Waals surface area contributed by atoms with E-state index >= 15 is 0 Å². The molecule has 25 heavy (non-hydrogen) atoms. The van der Waals surface area contributed by atoms with Crippen molar-refractivity contribution in [2.75, 3.05) is 50.7 Å². The molecule has 4 rings (SSSR count). The third-order valence-electron chi connectivity index (χ3n) is 5.33. The second-order valence-corrected chi connectivity index (χ2v) is 7.82. The maximum Gasteiger partial charge on any atom is 0.227 e. The third kappa shape index (κ3) is 3.48. The van der Waals surface area contributed by atoms with Gasteiger partial charge < -0.3 is 14.7 Å². The standard InChI is InChI=1S/C18H25N5OS/c1-2-21-9-11-22(12-10-21)17(24)14-5-4-8-23(13-14)18-20-15-6-3-7-19-16(15)25-18/h3,6-7,14H,2,4-5,8-13H2,1H3/t14-/m1/s1. The highest BCUT2D eigenvalue weighted by Crippen LogP contribution is 2.31. The molecule has 0 unspecified atom stereocenters. The van der Waals surface area contributed by atoms with Gasteiger partial charge in [-0.3, -0.25) is 4.79 Å². The Labute approximate surface area is 152 Å². The van der Waals surface area contributed by atoms with Crippen LogP contribution in [-0.4, -0.2) is 71.5 Å². The van der Waals surface area contributed by atoms with Crippen LogP contribution < -0.4 is 4.90 Å². The first kappa shape index (κ1) is 16.7. The number of piperazine rings is 1. The van der Waals surface area contributed by atoms with Crippen LogP contribution in [0.1, 0.15) is 19.8 Å². The van der Waals surface area contributed by atoms with E-state index in [2.05, 4.69) is 26.6 Å². The minimum Gasteiger partial charge on any atom is -0.347 e. The molecule has 2 fully saturated rings. The van der Waals surface area contributed by atoms with Crippen LogP contribution in [0.2, 0.25) is 0 Å². The molecule has 0 radical (unpaired) electrons. The van der Waals surface area contributed by atoms with E-state index in [1.165, 1.54) is 0 Å². The van der Waals surface area contributed by atoms with Gasteiger partial charge in [0.15, 0.2) is 5.13 Å². The van der Waals surface area contributed by atoms with E-state index in [0.29, 0.717) is 5.91 Å². The molecule has 2 saturated heterocycles. The number of hydrogen-bond donors (Lipinski definition) is 0. The molecular weight excluding hydrogens is 334 g/mol. The van der Waals surface area contributed by atoms with E-state index in [1.807, 2.05) is 18.3 Å². The number of thiazole rings is 1. The molecule has 0 aromatic carbocycles. The molecule has 0 saturated carbocycles. The Morgan fingerprint density at radius 2 is 2.12 bits per heavy atom. The number of hydrogen-bond acceptors (Lipinski definition) is 6. The summed E-state index contributed by atoms with van der Waals surface area (Å²) in [5.74, 6) is 0.432. The van der Waals surface area contributed by atoms with E-state index in [9.17, 15) is 4.79 Å². The first-order chi connectivity index (χ1) is 12.2. The van der Waals surface area contributed by atoms with Crippen molar-refractivity contribution in [3.05, 3.63) is 18.3 Å². The third-order valence-corrected chi connectivity index (χ3v) is 6.37. The largest absolute Gasteiger partial charge is 0.347 e. The molecule has 0 aliphatic carbocycles. The second kappa shape index (κ2) is 7.25. The SMILES string of the molecule is CCN1CCN(C(=O)[C@@H]2CCCN(c3nc4cccnc4s3)C2)CC1. The van der Waals surface area contributed by atoms with Crippen molar-refractivity contribution in [1.29, 1.82) is 0 Å². The minimum absolute atomic E-state index is 0.0990. The van der Waals surface area contributed by atoms with Crippen molar-refractivity contribution >= 4 is 32.7 Å². The van der Waals surface area contributed by atoms with Crippen LogP contribution in [0, 0.1) is 5.92 Å². The lowest BCUT2D eigenvalue weighted by Gasteiger charge is -2.38. The molecular formula is C18H25N5OS. The molecule has 4 heterocycles. The van der Waals surface area contributed by atoms with E-state index in [0.717, 1.165) is 74.1 Å². The number of piperidine rings is 1. The van der Waals surface area contributed by atoms with Gasteiger partial charge in [-0.25, -0.2) is 9.97 Å². The smallest absolute Gasteiger partial charge is 0.227 e. The van der Waals surface area contributed by atoms with Gasteiger partial charge in [0.25, 0.3) is 0 Å². The summed E-state index contributed by atoms with van der Waals surface area (Å²) in [4.78, 5) is 29.8. The molecule has 7 heteroatoms. The fraction of sp³-hybridized carbons (Fsp3) is 0.611. The molecule has 2 aliphatic rings. The zero-order chi connectivity index (χ0) is 17.2. The Bertz CT molecular complexity index is 707. The van der Waals surface area contributed by atoms with E-state index < -0.39 is 0 Å². The van der Waals surface area contributed by atoms with E-state index in [-0.39, 0.29) is 5.92 Å². The number of nitrogens with zero attached hydrogens (tertiary/aromatic N) is 5. The molecule has 2 aromatic rings. The van der Waals surface area contributed by atoms with Gasteiger partial charge in [-0.15, -0.1) is 0 Å². The van der Waals surface area contributed by atoms with Crippen molar-refractivity contribution < 1.29 is 4.79 Å². The molecule has 2 aromatic heterocycles.